The van der Waals surface area contributed by atoms with E-state index in [0.29, 0.717) is 15.7 Å². The van der Waals surface area contributed by atoms with Gasteiger partial charge in [-0.2, -0.15) is 0 Å². The molecule has 1 aromatic heterocycles. The SMILES string of the molecule is Cc1nc(NC(=S)NC(=O)C(C)C)sc1C(=O)C=Cc1cccc(Br)c1. The Kier molecular flexibility index (Phi) is 7.19. The summed E-state index contributed by atoms with van der Waals surface area (Å²) in [6.07, 6.45) is 3.28. The Bertz CT molecular complexity index is 875. The Morgan fingerprint density at radius 2 is 2.08 bits per heavy atom. The molecule has 0 aliphatic carbocycles. The van der Waals surface area contributed by atoms with Crippen LogP contribution in [0.1, 0.15) is 34.8 Å². The molecule has 2 rings (SSSR count). The number of rotatable bonds is 5. The molecule has 0 aliphatic heterocycles. The zero-order chi connectivity index (χ0) is 19.3. The average molecular weight is 452 g/mol. The standard InChI is InChI=1S/C18H18BrN3O2S2/c1-10(2)16(24)21-17(25)22-18-20-11(3)15(26-18)14(23)8-7-12-5-4-6-13(19)9-12/h4-10H,1-3H3,(H2,20,21,22,24,25). The molecule has 0 aliphatic rings. The Hall–Kier alpha value is -1.90. The molecule has 0 saturated heterocycles. The van der Waals surface area contributed by atoms with Gasteiger partial charge in [0, 0.05) is 10.4 Å². The molecule has 8 heteroatoms. The Balaban J connectivity index is 2.06. The topological polar surface area (TPSA) is 71.1 Å². The van der Waals surface area contributed by atoms with Gasteiger partial charge in [0.05, 0.1) is 10.6 Å². The van der Waals surface area contributed by atoms with Crippen molar-refractivity contribution in [3.05, 3.63) is 50.9 Å². The van der Waals surface area contributed by atoms with Crippen LogP contribution in [0.4, 0.5) is 5.13 Å². The van der Waals surface area contributed by atoms with Crippen LogP contribution in [-0.2, 0) is 4.79 Å². The smallest absolute Gasteiger partial charge is 0.228 e. The molecule has 0 spiro atoms. The summed E-state index contributed by atoms with van der Waals surface area (Å²) in [7, 11) is 0. The molecule has 0 saturated carbocycles. The average Bonchev–Trinajstić information content (AvgIpc) is 2.92. The predicted molar refractivity (Wildman–Crippen MR) is 114 cm³/mol. The highest BCUT2D eigenvalue weighted by atomic mass is 79.9. The van der Waals surface area contributed by atoms with Gasteiger partial charge in [0.2, 0.25) is 5.91 Å². The van der Waals surface area contributed by atoms with E-state index in [4.69, 9.17) is 12.2 Å². The number of nitrogens with one attached hydrogen (secondary N) is 2. The van der Waals surface area contributed by atoms with E-state index in [1.54, 1.807) is 26.8 Å². The van der Waals surface area contributed by atoms with E-state index in [2.05, 4.69) is 31.5 Å². The summed E-state index contributed by atoms with van der Waals surface area (Å²) in [5.41, 5.74) is 1.53. The maximum Gasteiger partial charge on any atom is 0.228 e. The molecule has 1 aromatic carbocycles. The Morgan fingerprint density at radius 3 is 2.73 bits per heavy atom. The van der Waals surface area contributed by atoms with Gasteiger partial charge in [0.15, 0.2) is 16.0 Å². The molecular weight excluding hydrogens is 434 g/mol. The molecule has 0 radical (unpaired) electrons. The number of benzene rings is 1. The number of carbonyl (C=O) groups is 2. The highest BCUT2D eigenvalue weighted by molar-refractivity contribution is 9.10. The second kappa shape index (κ2) is 9.16. The van der Waals surface area contributed by atoms with Crippen molar-refractivity contribution in [1.29, 1.82) is 0 Å². The second-order valence-electron chi connectivity index (χ2n) is 5.78. The van der Waals surface area contributed by atoms with Crippen LogP contribution in [0.3, 0.4) is 0 Å². The number of hydrogen-bond acceptors (Lipinski definition) is 5. The number of aryl methyl sites for hydroxylation is 1. The highest BCUT2D eigenvalue weighted by Crippen LogP contribution is 2.24. The van der Waals surface area contributed by atoms with Gasteiger partial charge in [-0.25, -0.2) is 4.98 Å². The van der Waals surface area contributed by atoms with Crippen LogP contribution < -0.4 is 10.6 Å². The van der Waals surface area contributed by atoms with Crippen LogP contribution in [0.15, 0.2) is 34.8 Å². The molecule has 0 unspecified atom stereocenters. The number of aromatic nitrogens is 1. The molecule has 0 fully saturated rings. The third-order valence-corrected chi connectivity index (χ3v) is 5.06. The van der Waals surface area contributed by atoms with E-state index in [1.807, 2.05) is 24.3 Å². The largest absolute Gasteiger partial charge is 0.308 e. The minimum atomic E-state index is -0.177. The first-order valence-electron chi connectivity index (χ1n) is 7.83. The lowest BCUT2D eigenvalue weighted by Gasteiger charge is -2.08. The molecule has 136 valence electrons. The molecule has 2 N–H and O–H groups in total. The lowest BCUT2D eigenvalue weighted by molar-refractivity contribution is -0.122. The fraction of sp³-hybridized carbons (Fsp3) is 0.222. The summed E-state index contributed by atoms with van der Waals surface area (Å²) in [6.45, 7) is 5.32. The molecule has 2 aromatic rings. The number of amides is 1. The van der Waals surface area contributed by atoms with Gasteiger partial charge in [-0.15, -0.1) is 0 Å². The molecular formula is C18H18BrN3O2S2. The zero-order valence-corrected chi connectivity index (χ0v) is 17.7. The fourth-order valence-corrected chi connectivity index (χ4v) is 3.49. The lowest BCUT2D eigenvalue weighted by Crippen LogP contribution is -2.36. The number of carbonyl (C=O) groups excluding carboxylic acids is 2. The van der Waals surface area contributed by atoms with Gasteiger partial charge in [-0.1, -0.05) is 59.3 Å². The minimum absolute atomic E-state index is 0.134. The minimum Gasteiger partial charge on any atom is -0.308 e. The summed E-state index contributed by atoms with van der Waals surface area (Å²) < 4.78 is 0.949. The maximum atomic E-state index is 12.4. The van der Waals surface area contributed by atoms with Crippen molar-refractivity contribution in [2.75, 3.05) is 5.32 Å². The van der Waals surface area contributed by atoms with Crippen molar-refractivity contribution >= 4 is 67.5 Å². The Morgan fingerprint density at radius 1 is 1.35 bits per heavy atom. The molecule has 0 atom stereocenters. The third-order valence-electron chi connectivity index (χ3n) is 3.28. The van der Waals surface area contributed by atoms with Crippen LogP contribution in [-0.4, -0.2) is 21.8 Å². The Labute approximate surface area is 170 Å². The summed E-state index contributed by atoms with van der Waals surface area (Å²) in [5, 5.41) is 6.07. The van der Waals surface area contributed by atoms with Gasteiger partial charge < -0.3 is 10.6 Å². The first kappa shape index (κ1) is 20.4. The summed E-state index contributed by atoms with van der Waals surface area (Å²) >= 11 is 9.70. The van der Waals surface area contributed by atoms with Gasteiger partial charge in [0.25, 0.3) is 0 Å². The first-order valence-corrected chi connectivity index (χ1v) is 9.85. The predicted octanol–water partition coefficient (Wildman–Crippen LogP) is 4.58. The summed E-state index contributed by atoms with van der Waals surface area (Å²) in [4.78, 5) is 28.9. The highest BCUT2D eigenvalue weighted by Gasteiger charge is 2.15. The van der Waals surface area contributed by atoms with E-state index >= 15 is 0 Å². The number of anilines is 1. The molecule has 1 heterocycles. The van der Waals surface area contributed by atoms with Crippen molar-refractivity contribution in [2.45, 2.75) is 20.8 Å². The number of thiazole rings is 1. The van der Waals surface area contributed by atoms with E-state index in [-0.39, 0.29) is 22.7 Å². The zero-order valence-electron chi connectivity index (χ0n) is 14.5. The molecule has 5 nitrogen and oxygen atoms in total. The number of ketones is 1. The van der Waals surface area contributed by atoms with E-state index in [0.717, 1.165) is 10.0 Å². The summed E-state index contributed by atoms with van der Waals surface area (Å²) in [5.74, 6) is -0.484. The fourth-order valence-electron chi connectivity index (χ4n) is 1.92. The van der Waals surface area contributed by atoms with Crippen molar-refractivity contribution < 1.29 is 9.59 Å². The molecule has 26 heavy (non-hydrogen) atoms. The third kappa shape index (κ3) is 5.82. The number of thiocarbonyl (C=S) groups is 1. The van der Waals surface area contributed by atoms with Crippen molar-refractivity contribution in [2.24, 2.45) is 5.92 Å². The monoisotopic (exact) mass is 451 g/mol. The molecule has 0 bridgehead atoms. The number of nitrogens with zero attached hydrogens (tertiary/aromatic N) is 1. The maximum absolute atomic E-state index is 12.4. The molecule has 1 amide bonds. The second-order valence-corrected chi connectivity index (χ2v) is 8.11. The van der Waals surface area contributed by atoms with Gasteiger partial charge in [0.1, 0.15) is 0 Å². The van der Waals surface area contributed by atoms with E-state index < -0.39 is 0 Å². The number of allylic oxidation sites excluding steroid dienone is 1. The van der Waals surface area contributed by atoms with Crippen molar-refractivity contribution in [3.8, 4) is 0 Å². The lowest BCUT2D eigenvalue weighted by atomic mass is 10.2. The number of hydrogen-bond donors (Lipinski definition) is 2. The van der Waals surface area contributed by atoms with Gasteiger partial charge in [-0.3, -0.25) is 9.59 Å². The van der Waals surface area contributed by atoms with Crippen LogP contribution in [0.25, 0.3) is 6.08 Å². The number of halogens is 1. The van der Waals surface area contributed by atoms with Crippen LogP contribution in [0, 0.1) is 12.8 Å². The van der Waals surface area contributed by atoms with Crippen molar-refractivity contribution in [1.82, 2.24) is 10.3 Å². The van der Waals surface area contributed by atoms with Crippen molar-refractivity contribution in [3.63, 3.8) is 0 Å². The summed E-state index contributed by atoms with van der Waals surface area (Å²) in [6, 6.07) is 7.66. The van der Waals surface area contributed by atoms with Crippen LogP contribution in [0.5, 0.6) is 0 Å². The van der Waals surface area contributed by atoms with Gasteiger partial charge in [-0.05, 0) is 42.9 Å². The normalized spacial score (nSPS) is 11.0. The van der Waals surface area contributed by atoms with Crippen LogP contribution >= 0.6 is 39.5 Å². The van der Waals surface area contributed by atoms with Gasteiger partial charge >= 0.3 is 0 Å². The van der Waals surface area contributed by atoms with Crippen LogP contribution in [0.2, 0.25) is 0 Å². The quantitative estimate of drug-likeness (QED) is 0.395. The van der Waals surface area contributed by atoms with E-state index in [9.17, 15) is 9.59 Å². The first-order chi connectivity index (χ1) is 12.3. The van der Waals surface area contributed by atoms with E-state index in [1.165, 1.54) is 17.4 Å².